The average molecular weight is 740 g/mol. The molecule has 272 valence electrons. The van der Waals surface area contributed by atoms with Crippen molar-refractivity contribution >= 4 is 39.0 Å². The van der Waals surface area contributed by atoms with Crippen molar-refractivity contribution in [3.63, 3.8) is 0 Å². The largest absolute Gasteiger partial charge is 0.456 e. The predicted molar refractivity (Wildman–Crippen MR) is 238 cm³/mol. The summed E-state index contributed by atoms with van der Waals surface area (Å²) >= 11 is 0. The molecule has 2 aliphatic rings. The smallest absolute Gasteiger partial charge is 0.135 e. The maximum Gasteiger partial charge on any atom is 0.135 e. The summed E-state index contributed by atoms with van der Waals surface area (Å²) in [6.45, 7) is 0. The van der Waals surface area contributed by atoms with Crippen LogP contribution in [-0.4, -0.2) is 0 Å². The first kappa shape index (κ1) is 32.8. The second-order valence-electron chi connectivity index (χ2n) is 15.5. The summed E-state index contributed by atoms with van der Waals surface area (Å²) in [5, 5.41) is 2.21. The van der Waals surface area contributed by atoms with Gasteiger partial charge >= 0.3 is 0 Å². The summed E-state index contributed by atoms with van der Waals surface area (Å²) in [5.74, 6) is 0. The molecule has 2 nitrogen and oxygen atoms in total. The third-order valence-corrected chi connectivity index (χ3v) is 12.8. The molecule has 12 rings (SSSR count). The van der Waals surface area contributed by atoms with E-state index in [0.29, 0.717) is 0 Å². The molecule has 0 spiro atoms. The normalized spacial score (nSPS) is 17.4. The highest BCUT2D eigenvalue weighted by atomic mass is 16.3. The monoisotopic (exact) mass is 739 g/mol. The summed E-state index contributed by atoms with van der Waals surface area (Å²) < 4.78 is 6.35. The topological polar surface area (TPSA) is 16.4 Å². The maximum absolute atomic E-state index is 6.35. The highest BCUT2D eigenvalue weighted by molar-refractivity contribution is 6.06. The first-order chi connectivity index (χ1) is 28.8. The Labute approximate surface area is 337 Å². The van der Waals surface area contributed by atoms with Gasteiger partial charge in [-0.25, -0.2) is 0 Å². The van der Waals surface area contributed by atoms with Crippen molar-refractivity contribution in [3.8, 4) is 11.1 Å². The molecule has 58 heavy (non-hydrogen) atoms. The van der Waals surface area contributed by atoms with E-state index in [1.165, 1.54) is 55.6 Å². The van der Waals surface area contributed by atoms with E-state index in [2.05, 4.69) is 223 Å². The van der Waals surface area contributed by atoms with E-state index in [-0.39, 0.29) is 0 Å². The lowest BCUT2D eigenvalue weighted by atomic mass is 9.51. The summed E-state index contributed by atoms with van der Waals surface area (Å²) in [4.78, 5) is 2.45. The van der Waals surface area contributed by atoms with Crippen molar-refractivity contribution in [1.82, 2.24) is 0 Å². The number of hydrogen-bond donors (Lipinski definition) is 0. The van der Waals surface area contributed by atoms with E-state index in [1.807, 2.05) is 6.07 Å². The molecule has 0 saturated heterocycles. The van der Waals surface area contributed by atoms with E-state index in [9.17, 15) is 0 Å². The molecule has 10 aromatic rings. The molecule has 1 heterocycles. The Kier molecular flexibility index (Phi) is 7.09. The molecule has 2 atom stereocenters. The lowest BCUT2D eigenvalue weighted by Crippen LogP contribution is -2.44. The molecular weight excluding hydrogens is 703 g/mol. The first-order valence-electron chi connectivity index (χ1n) is 20.1. The van der Waals surface area contributed by atoms with Crippen molar-refractivity contribution in [2.24, 2.45) is 0 Å². The van der Waals surface area contributed by atoms with Crippen LogP contribution in [0, 0.1) is 0 Å². The SMILES string of the molecule is c1ccc(N(c2ccc3oc4ccccc4c3c2)c2ccccc2C2(c3ccccc3)c3ccccc3C3(c4ccccc4)c4ccccc4-c4cccc2c43)cc1. The Morgan fingerprint density at radius 3 is 1.62 bits per heavy atom. The molecule has 2 aliphatic carbocycles. The fourth-order valence-electron chi connectivity index (χ4n) is 10.7. The number of anilines is 3. The minimum absolute atomic E-state index is 0.514. The lowest BCUT2D eigenvalue weighted by molar-refractivity contribution is 0.627. The Hall–Kier alpha value is -7.42. The van der Waals surface area contributed by atoms with E-state index >= 15 is 0 Å². The standard InChI is InChI=1S/C56H37NO/c1-4-19-38(20-5-1)55(47-29-13-14-30-48(47)56(39-21-6-2-7-22-39)46-28-12-10-25-42(46)44-27-18-32-50(55)54(44)56)49-31-15-16-33-51(49)57(40-23-8-3-9-24-40)41-35-36-53-45(37-41)43-26-11-17-34-52(43)58-53/h1-37H. The van der Waals surface area contributed by atoms with Gasteiger partial charge in [0, 0.05) is 22.1 Å². The second-order valence-corrected chi connectivity index (χ2v) is 15.5. The van der Waals surface area contributed by atoms with Crippen molar-refractivity contribution in [3.05, 3.63) is 269 Å². The Bertz CT molecular complexity index is 3180. The number of fused-ring (bicyclic) bond motifs is 8. The average Bonchev–Trinajstić information content (AvgIpc) is 3.83. The van der Waals surface area contributed by atoms with Gasteiger partial charge in [-0.05, 0) is 98.1 Å². The summed E-state index contributed by atoms with van der Waals surface area (Å²) in [6, 6.07) is 82.6. The van der Waals surface area contributed by atoms with Gasteiger partial charge < -0.3 is 9.32 Å². The first-order valence-corrected chi connectivity index (χ1v) is 20.1. The van der Waals surface area contributed by atoms with E-state index in [0.717, 1.165) is 39.0 Å². The van der Waals surface area contributed by atoms with Crippen LogP contribution in [0.5, 0.6) is 0 Å². The van der Waals surface area contributed by atoms with Gasteiger partial charge in [0.05, 0.1) is 16.5 Å². The summed E-state index contributed by atoms with van der Waals surface area (Å²) in [7, 11) is 0. The molecule has 2 unspecified atom stereocenters. The van der Waals surface area contributed by atoms with Crippen molar-refractivity contribution < 1.29 is 4.42 Å². The summed E-state index contributed by atoms with van der Waals surface area (Å²) in [5.41, 5.74) is 16.7. The zero-order valence-electron chi connectivity index (χ0n) is 31.7. The number of furan rings is 1. The number of nitrogens with zero attached hydrogens (tertiary/aromatic N) is 1. The van der Waals surface area contributed by atoms with Gasteiger partial charge in [0.25, 0.3) is 0 Å². The molecule has 0 N–H and O–H groups in total. The summed E-state index contributed by atoms with van der Waals surface area (Å²) in [6.07, 6.45) is 0. The second kappa shape index (κ2) is 12.5. The lowest BCUT2D eigenvalue weighted by Gasteiger charge is -2.50. The van der Waals surface area contributed by atoms with Gasteiger partial charge in [0.2, 0.25) is 0 Å². The fourth-order valence-corrected chi connectivity index (χ4v) is 10.7. The van der Waals surface area contributed by atoms with Crippen molar-refractivity contribution in [2.75, 3.05) is 4.90 Å². The molecule has 1 aromatic heterocycles. The van der Waals surface area contributed by atoms with Crippen molar-refractivity contribution in [1.29, 1.82) is 0 Å². The number of benzene rings is 9. The van der Waals surface area contributed by atoms with Crippen LogP contribution in [0.25, 0.3) is 33.1 Å². The van der Waals surface area contributed by atoms with Crippen LogP contribution in [0.15, 0.2) is 229 Å². The quantitative estimate of drug-likeness (QED) is 0.169. The number of para-hydroxylation sites is 3. The highest BCUT2D eigenvalue weighted by Crippen LogP contribution is 2.66. The predicted octanol–water partition coefficient (Wildman–Crippen LogP) is 14.1. The zero-order chi connectivity index (χ0) is 38.3. The van der Waals surface area contributed by atoms with Crippen LogP contribution >= 0.6 is 0 Å². The van der Waals surface area contributed by atoms with Gasteiger partial charge in [0.1, 0.15) is 11.2 Å². The molecule has 0 saturated carbocycles. The fraction of sp³-hybridized carbons (Fsp3) is 0.0357. The third-order valence-electron chi connectivity index (χ3n) is 12.8. The third kappa shape index (κ3) is 4.32. The Morgan fingerprint density at radius 2 is 0.862 bits per heavy atom. The Morgan fingerprint density at radius 1 is 0.328 bits per heavy atom. The maximum atomic E-state index is 6.35. The molecule has 9 aromatic carbocycles. The van der Waals surface area contributed by atoms with Crippen molar-refractivity contribution in [2.45, 2.75) is 10.8 Å². The van der Waals surface area contributed by atoms with E-state index in [1.54, 1.807) is 0 Å². The van der Waals surface area contributed by atoms with Gasteiger partial charge in [-0.2, -0.15) is 0 Å². The van der Waals surface area contributed by atoms with Gasteiger partial charge in [-0.1, -0.05) is 182 Å². The minimum atomic E-state index is -0.709. The molecular formula is C56H37NO. The van der Waals surface area contributed by atoms with E-state index < -0.39 is 10.8 Å². The van der Waals surface area contributed by atoms with Gasteiger partial charge in [-0.3, -0.25) is 0 Å². The highest BCUT2D eigenvalue weighted by Gasteiger charge is 2.58. The Balaban J connectivity index is 1.23. The number of rotatable bonds is 6. The van der Waals surface area contributed by atoms with Crippen LogP contribution in [0.3, 0.4) is 0 Å². The van der Waals surface area contributed by atoms with Crippen LogP contribution in [-0.2, 0) is 10.8 Å². The molecule has 0 fully saturated rings. The molecule has 0 amide bonds. The molecule has 0 bridgehead atoms. The molecule has 0 radical (unpaired) electrons. The van der Waals surface area contributed by atoms with Crippen LogP contribution in [0.1, 0.15) is 44.5 Å². The zero-order valence-corrected chi connectivity index (χ0v) is 31.7. The van der Waals surface area contributed by atoms with E-state index in [4.69, 9.17) is 4.42 Å². The molecule has 0 aliphatic heterocycles. The van der Waals surface area contributed by atoms with Crippen LogP contribution in [0.4, 0.5) is 17.1 Å². The van der Waals surface area contributed by atoms with Gasteiger partial charge in [0.15, 0.2) is 0 Å². The van der Waals surface area contributed by atoms with Crippen LogP contribution in [0.2, 0.25) is 0 Å². The molecule has 2 heteroatoms. The minimum Gasteiger partial charge on any atom is -0.456 e. The number of hydrogen-bond acceptors (Lipinski definition) is 2. The van der Waals surface area contributed by atoms with Crippen LogP contribution < -0.4 is 4.90 Å². The van der Waals surface area contributed by atoms with Gasteiger partial charge in [-0.15, -0.1) is 0 Å².